The first kappa shape index (κ1) is 12.1. The number of carboxylic acids is 1. The molecule has 0 bridgehead atoms. The number of nitrogens with one attached hydrogen (secondary N) is 1. The molecule has 2 rings (SSSR count). The van der Waals surface area contributed by atoms with E-state index < -0.39 is 11.5 Å². The van der Waals surface area contributed by atoms with Crippen molar-refractivity contribution in [1.29, 1.82) is 0 Å². The molecule has 4 N–H and O–H groups in total. The highest BCUT2D eigenvalue weighted by atomic mass is 79.9. The monoisotopic (exact) mass is 298 g/mol. The SMILES string of the molecule is NC1(C(=O)Nc2ccc(Br)c(C(=O)O)c2)CC1. The smallest absolute Gasteiger partial charge is 0.336 e. The summed E-state index contributed by atoms with van der Waals surface area (Å²) in [5, 5.41) is 11.5. The van der Waals surface area contributed by atoms with E-state index in [4.69, 9.17) is 10.8 Å². The van der Waals surface area contributed by atoms with Crippen LogP contribution in [0.2, 0.25) is 0 Å². The van der Waals surface area contributed by atoms with E-state index >= 15 is 0 Å². The van der Waals surface area contributed by atoms with Crippen molar-refractivity contribution in [1.82, 2.24) is 0 Å². The van der Waals surface area contributed by atoms with Gasteiger partial charge in [-0.25, -0.2) is 4.79 Å². The van der Waals surface area contributed by atoms with Crippen LogP contribution in [0.4, 0.5) is 5.69 Å². The van der Waals surface area contributed by atoms with E-state index in [1.807, 2.05) is 0 Å². The van der Waals surface area contributed by atoms with Gasteiger partial charge in [-0.3, -0.25) is 4.79 Å². The van der Waals surface area contributed by atoms with Crippen LogP contribution in [0.1, 0.15) is 23.2 Å². The molecular formula is C11H11BrN2O3. The third-order valence-electron chi connectivity index (χ3n) is 2.70. The Morgan fingerprint density at radius 1 is 1.41 bits per heavy atom. The van der Waals surface area contributed by atoms with E-state index in [0.717, 1.165) is 0 Å². The number of hydrogen-bond acceptors (Lipinski definition) is 3. The van der Waals surface area contributed by atoms with Crippen molar-refractivity contribution in [2.45, 2.75) is 18.4 Å². The van der Waals surface area contributed by atoms with E-state index in [9.17, 15) is 9.59 Å². The maximum absolute atomic E-state index is 11.7. The molecule has 90 valence electrons. The molecule has 17 heavy (non-hydrogen) atoms. The van der Waals surface area contributed by atoms with Crippen LogP contribution < -0.4 is 11.1 Å². The Labute approximate surface area is 106 Å². The molecule has 0 unspecified atom stereocenters. The minimum atomic E-state index is -1.05. The van der Waals surface area contributed by atoms with Gasteiger partial charge in [-0.05, 0) is 47.0 Å². The number of halogens is 1. The number of carbonyl (C=O) groups excluding carboxylic acids is 1. The van der Waals surface area contributed by atoms with E-state index in [-0.39, 0.29) is 11.5 Å². The Bertz CT molecular complexity index is 497. The zero-order valence-corrected chi connectivity index (χ0v) is 10.5. The first-order valence-corrected chi connectivity index (χ1v) is 5.85. The summed E-state index contributed by atoms with van der Waals surface area (Å²) in [5.41, 5.74) is 5.50. The third-order valence-corrected chi connectivity index (χ3v) is 3.39. The van der Waals surface area contributed by atoms with Gasteiger partial charge in [0.15, 0.2) is 0 Å². The normalized spacial score (nSPS) is 16.4. The van der Waals surface area contributed by atoms with Crippen molar-refractivity contribution in [3.8, 4) is 0 Å². The van der Waals surface area contributed by atoms with E-state index in [0.29, 0.717) is 23.0 Å². The maximum atomic E-state index is 11.7. The fourth-order valence-corrected chi connectivity index (χ4v) is 1.80. The van der Waals surface area contributed by atoms with Gasteiger partial charge in [0.1, 0.15) is 0 Å². The summed E-state index contributed by atoms with van der Waals surface area (Å²) >= 11 is 3.13. The van der Waals surface area contributed by atoms with Gasteiger partial charge < -0.3 is 16.2 Å². The zero-order chi connectivity index (χ0) is 12.6. The van der Waals surface area contributed by atoms with Crippen molar-refractivity contribution < 1.29 is 14.7 Å². The number of rotatable bonds is 3. The molecule has 0 spiro atoms. The molecule has 0 heterocycles. The third kappa shape index (κ3) is 2.48. The van der Waals surface area contributed by atoms with Gasteiger partial charge in [0.25, 0.3) is 0 Å². The summed E-state index contributed by atoms with van der Waals surface area (Å²) in [6, 6.07) is 4.60. The summed E-state index contributed by atoms with van der Waals surface area (Å²) < 4.78 is 0.469. The number of amides is 1. The van der Waals surface area contributed by atoms with Crippen LogP contribution in [0.15, 0.2) is 22.7 Å². The number of nitrogens with two attached hydrogens (primary N) is 1. The van der Waals surface area contributed by atoms with Crippen molar-refractivity contribution in [3.05, 3.63) is 28.2 Å². The van der Waals surface area contributed by atoms with Gasteiger partial charge in [-0.2, -0.15) is 0 Å². The molecule has 0 radical (unpaired) electrons. The minimum Gasteiger partial charge on any atom is -0.478 e. The minimum absolute atomic E-state index is 0.102. The number of carboxylic acid groups (broad SMARTS) is 1. The topological polar surface area (TPSA) is 92.4 Å². The van der Waals surface area contributed by atoms with Crippen molar-refractivity contribution in [2.24, 2.45) is 5.73 Å². The lowest BCUT2D eigenvalue weighted by Gasteiger charge is -2.11. The van der Waals surface area contributed by atoms with Gasteiger partial charge in [0, 0.05) is 10.2 Å². The highest BCUT2D eigenvalue weighted by Gasteiger charge is 2.45. The second-order valence-corrected chi connectivity index (χ2v) is 4.96. The molecule has 1 aromatic carbocycles. The van der Waals surface area contributed by atoms with E-state index in [1.54, 1.807) is 12.1 Å². The van der Waals surface area contributed by atoms with Crippen molar-refractivity contribution in [3.63, 3.8) is 0 Å². The van der Waals surface area contributed by atoms with Crippen LogP contribution in [0, 0.1) is 0 Å². The van der Waals surface area contributed by atoms with Gasteiger partial charge in [-0.1, -0.05) is 0 Å². The Kier molecular flexibility index (Phi) is 2.92. The molecule has 1 saturated carbocycles. The molecule has 1 aliphatic carbocycles. The molecule has 6 heteroatoms. The summed E-state index contributed by atoms with van der Waals surface area (Å²) in [6.07, 6.45) is 1.34. The molecule has 1 amide bonds. The first-order chi connectivity index (χ1) is 7.92. The largest absolute Gasteiger partial charge is 0.478 e. The molecule has 0 aliphatic heterocycles. The zero-order valence-electron chi connectivity index (χ0n) is 8.87. The van der Waals surface area contributed by atoms with Crippen molar-refractivity contribution in [2.75, 3.05) is 5.32 Å². The number of anilines is 1. The molecule has 1 aliphatic rings. The highest BCUT2D eigenvalue weighted by molar-refractivity contribution is 9.10. The quantitative estimate of drug-likeness (QED) is 0.790. The number of benzene rings is 1. The second kappa shape index (κ2) is 4.12. The lowest BCUT2D eigenvalue weighted by atomic mass is 10.2. The Balaban J connectivity index is 2.19. The van der Waals surface area contributed by atoms with Crippen LogP contribution in [-0.4, -0.2) is 22.5 Å². The predicted molar refractivity (Wildman–Crippen MR) is 65.9 cm³/mol. The van der Waals surface area contributed by atoms with Crippen molar-refractivity contribution >= 4 is 33.5 Å². The van der Waals surface area contributed by atoms with Crippen LogP contribution in [0.3, 0.4) is 0 Å². The molecule has 1 aromatic rings. The summed E-state index contributed by atoms with van der Waals surface area (Å²) in [7, 11) is 0. The van der Waals surface area contributed by atoms with Crippen LogP contribution in [0.5, 0.6) is 0 Å². The molecular weight excluding hydrogens is 288 g/mol. The number of carbonyl (C=O) groups is 2. The molecule has 0 aromatic heterocycles. The van der Waals surface area contributed by atoms with Gasteiger partial charge in [0.2, 0.25) is 5.91 Å². The number of hydrogen-bond donors (Lipinski definition) is 3. The van der Waals surface area contributed by atoms with Gasteiger partial charge in [0.05, 0.1) is 11.1 Å². The average Bonchev–Trinajstić information content (AvgIpc) is 3.00. The number of aromatic carboxylic acids is 1. The highest BCUT2D eigenvalue weighted by Crippen LogP contribution is 2.33. The lowest BCUT2D eigenvalue weighted by molar-refractivity contribution is -0.118. The molecule has 0 atom stereocenters. The van der Waals surface area contributed by atoms with E-state index in [2.05, 4.69) is 21.2 Å². The predicted octanol–water partition coefficient (Wildman–Crippen LogP) is 1.58. The molecule has 5 nitrogen and oxygen atoms in total. The molecule has 1 fully saturated rings. The summed E-state index contributed by atoms with van der Waals surface area (Å²) in [6.45, 7) is 0. The fourth-order valence-electron chi connectivity index (χ4n) is 1.38. The van der Waals surface area contributed by atoms with Crippen LogP contribution in [0.25, 0.3) is 0 Å². The Hall–Kier alpha value is -1.40. The Morgan fingerprint density at radius 3 is 2.59 bits per heavy atom. The Morgan fingerprint density at radius 2 is 2.06 bits per heavy atom. The molecule has 0 saturated heterocycles. The standard InChI is InChI=1S/C11H11BrN2O3/c12-8-2-1-6(5-7(8)9(15)16)14-10(17)11(13)3-4-11/h1-2,5H,3-4,13H2,(H,14,17)(H,15,16). The maximum Gasteiger partial charge on any atom is 0.336 e. The second-order valence-electron chi connectivity index (χ2n) is 4.11. The fraction of sp³-hybridized carbons (Fsp3) is 0.273. The van der Waals surface area contributed by atoms with E-state index in [1.165, 1.54) is 6.07 Å². The van der Waals surface area contributed by atoms with Gasteiger partial charge in [-0.15, -0.1) is 0 Å². The lowest BCUT2D eigenvalue weighted by Crippen LogP contribution is -2.37. The summed E-state index contributed by atoms with van der Waals surface area (Å²) in [4.78, 5) is 22.6. The van der Waals surface area contributed by atoms with Crippen LogP contribution in [-0.2, 0) is 4.79 Å². The average molecular weight is 299 g/mol. The summed E-state index contributed by atoms with van der Waals surface area (Å²) in [5.74, 6) is -1.32. The van der Waals surface area contributed by atoms with Crippen LogP contribution >= 0.6 is 15.9 Å². The first-order valence-electron chi connectivity index (χ1n) is 5.05. The van der Waals surface area contributed by atoms with Gasteiger partial charge >= 0.3 is 5.97 Å².